The van der Waals surface area contributed by atoms with Crippen molar-refractivity contribution in [1.82, 2.24) is 20.2 Å². The predicted octanol–water partition coefficient (Wildman–Crippen LogP) is 1.30. The smallest absolute Gasteiger partial charge is 0.305 e. The van der Waals surface area contributed by atoms with Crippen LogP contribution in [-0.2, 0) is 11.2 Å². The van der Waals surface area contributed by atoms with Gasteiger partial charge < -0.3 is 5.11 Å². The number of benzene rings is 1. The minimum absolute atomic E-state index is 0.00678. The van der Waals surface area contributed by atoms with Gasteiger partial charge in [-0.05, 0) is 22.9 Å². The van der Waals surface area contributed by atoms with Crippen molar-refractivity contribution < 1.29 is 9.90 Å². The summed E-state index contributed by atoms with van der Waals surface area (Å²) in [5.74, 6) is -0.182. The molecule has 0 aliphatic heterocycles. The number of nitrogens with zero attached hydrogens (tertiary/aromatic N) is 4. The third-order valence-electron chi connectivity index (χ3n) is 2.65. The average molecular weight is 246 g/mol. The average Bonchev–Trinajstić information content (AvgIpc) is 2.77. The predicted molar refractivity (Wildman–Crippen MR) is 64.0 cm³/mol. The molecule has 0 aliphatic carbocycles. The molecule has 0 radical (unpaired) electrons. The lowest BCUT2D eigenvalue weighted by Gasteiger charge is -2.10. The first-order valence-electron chi connectivity index (χ1n) is 5.69. The quantitative estimate of drug-likeness (QED) is 0.860. The zero-order valence-corrected chi connectivity index (χ0v) is 10.0. The highest BCUT2D eigenvalue weighted by Gasteiger charge is 2.15. The molecule has 1 N–H and O–H groups in total. The lowest BCUT2D eigenvalue weighted by Crippen LogP contribution is -2.15. The highest BCUT2D eigenvalue weighted by atomic mass is 16.4. The van der Waals surface area contributed by atoms with E-state index in [2.05, 4.69) is 15.5 Å². The van der Waals surface area contributed by atoms with Crippen LogP contribution in [0.5, 0.6) is 0 Å². The van der Waals surface area contributed by atoms with Crippen LogP contribution in [0.1, 0.15) is 30.8 Å². The second-order valence-electron chi connectivity index (χ2n) is 4.15. The number of carbonyl (C=O) groups is 1. The van der Waals surface area contributed by atoms with E-state index in [-0.39, 0.29) is 12.5 Å². The monoisotopic (exact) mass is 246 g/mol. The Balaban J connectivity index is 2.15. The van der Waals surface area contributed by atoms with Gasteiger partial charge in [-0.3, -0.25) is 4.79 Å². The summed E-state index contributed by atoms with van der Waals surface area (Å²) in [5.41, 5.74) is 1.09. The van der Waals surface area contributed by atoms with E-state index in [1.807, 2.05) is 30.3 Å². The largest absolute Gasteiger partial charge is 0.481 e. The number of hydrogen-bond acceptors (Lipinski definition) is 4. The van der Waals surface area contributed by atoms with Gasteiger partial charge in [0.15, 0.2) is 5.82 Å². The molecule has 2 aromatic rings. The second kappa shape index (κ2) is 5.39. The van der Waals surface area contributed by atoms with E-state index in [4.69, 9.17) is 5.11 Å². The van der Waals surface area contributed by atoms with E-state index in [1.165, 1.54) is 0 Å². The maximum atomic E-state index is 10.7. The molecule has 1 unspecified atom stereocenters. The van der Waals surface area contributed by atoms with Crippen LogP contribution in [0, 0.1) is 0 Å². The minimum Gasteiger partial charge on any atom is -0.481 e. The Labute approximate surface area is 104 Å². The van der Waals surface area contributed by atoms with E-state index in [1.54, 1.807) is 11.6 Å². The zero-order valence-electron chi connectivity index (χ0n) is 10.0. The zero-order chi connectivity index (χ0) is 13.0. The van der Waals surface area contributed by atoms with Crippen LogP contribution in [0.2, 0.25) is 0 Å². The van der Waals surface area contributed by atoms with Crippen molar-refractivity contribution in [2.45, 2.75) is 25.8 Å². The van der Waals surface area contributed by atoms with Crippen LogP contribution in [-0.4, -0.2) is 31.3 Å². The first kappa shape index (κ1) is 12.2. The molecule has 1 aromatic carbocycles. The molecule has 0 fully saturated rings. The van der Waals surface area contributed by atoms with E-state index in [0.29, 0.717) is 12.2 Å². The van der Waals surface area contributed by atoms with Crippen LogP contribution >= 0.6 is 0 Å². The molecule has 0 amide bonds. The van der Waals surface area contributed by atoms with Crippen LogP contribution in [0.25, 0.3) is 0 Å². The standard InChI is InChI=1S/C12H14N4O2/c1-9(7-12(17)18)16-11(13-14-15-16)8-10-5-3-2-4-6-10/h2-6,9H,7-8H2,1H3,(H,17,18). The third kappa shape index (κ3) is 2.91. The number of aliphatic carboxylic acids is 1. The maximum Gasteiger partial charge on any atom is 0.305 e. The Hall–Kier alpha value is -2.24. The van der Waals surface area contributed by atoms with Crippen molar-refractivity contribution in [2.24, 2.45) is 0 Å². The van der Waals surface area contributed by atoms with Gasteiger partial charge in [0.05, 0.1) is 12.5 Å². The maximum absolute atomic E-state index is 10.7. The summed E-state index contributed by atoms with van der Waals surface area (Å²) < 4.78 is 1.57. The van der Waals surface area contributed by atoms with Gasteiger partial charge in [-0.2, -0.15) is 0 Å². The molecule has 0 saturated carbocycles. The molecule has 0 spiro atoms. The molecule has 6 nitrogen and oxygen atoms in total. The van der Waals surface area contributed by atoms with Crippen LogP contribution in [0.4, 0.5) is 0 Å². The fraction of sp³-hybridized carbons (Fsp3) is 0.333. The molecular weight excluding hydrogens is 232 g/mol. The van der Waals surface area contributed by atoms with Crippen molar-refractivity contribution >= 4 is 5.97 Å². The third-order valence-corrected chi connectivity index (χ3v) is 2.65. The molecule has 1 aromatic heterocycles. The topological polar surface area (TPSA) is 80.9 Å². The molecule has 1 heterocycles. The van der Waals surface area contributed by atoms with E-state index < -0.39 is 5.97 Å². The van der Waals surface area contributed by atoms with Crippen molar-refractivity contribution in [3.63, 3.8) is 0 Å². The number of hydrogen-bond donors (Lipinski definition) is 1. The van der Waals surface area contributed by atoms with Gasteiger partial charge in [-0.25, -0.2) is 4.68 Å². The van der Waals surface area contributed by atoms with Crippen LogP contribution in [0.15, 0.2) is 30.3 Å². The van der Waals surface area contributed by atoms with E-state index >= 15 is 0 Å². The molecular formula is C12H14N4O2. The van der Waals surface area contributed by atoms with E-state index in [9.17, 15) is 4.79 Å². The molecule has 2 rings (SSSR count). The summed E-state index contributed by atoms with van der Waals surface area (Å²) >= 11 is 0. The highest BCUT2D eigenvalue weighted by molar-refractivity contribution is 5.67. The van der Waals surface area contributed by atoms with Crippen molar-refractivity contribution in [1.29, 1.82) is 0 Å². The first-order valence-corrected chi connectivity index (χ1v) is 5.69. The normalized spacial score (nSPS) is 12.3. The van der Waals surface area contributed by atoms with Gasteiger partial charge >= 0.3 is 5.97 Å². The number of carboxylic acid groups (broad SMARTS) is 1. The summed E-state index contributed by atoms with van der Waals surface area (Å²) in [5, 5.41) is 20.2. The Kier molecular flexibility index (Phi) is 3.66. The van der Waals surface area contributed by atoms with Gasteiger partial charge in [0, 0.05) is 6.42 Å². The first-order chi connectivity index (χ1) is 8.66. The summed E-state index contributed by atoms with van der Waals surface area (Å²) in [6.45, 7) is 1.79. The number of tetrazole rings is 1. The molecule has 0 bridgehead atoms. The Bertz CT molecular complexity index is 524. The molecule has 6 heteroatoms. The van der Waals surface area contributed by atoms with Crippen LogP contribution < -0.4 is 0 Å². The fourth-order valence-corrected chi connectivity index (χ4v) is 1.79. The fourth-order valence-electron chi connectivity index (χ4n) is 1.79. The minimum atomic E-state index is -0.858. The highest BCUT2D eigenvalue weighted by Crippen LogP contribution is 2.13. The lowest BCUT2D eigenvalue weighted by atomic mass is 10.1. The SMILES string of the molecule is CC(CC(=O)O)n1nnnc1Cc1ccccc1. The Morgan fingerprint density at radius 1 is 1.39 bits per heavy atom. The Morgan fingerprint density at radius 2 is 2.11 bits per heavy atom. The van der Waals surface area contributed by atoms with Gasteiger partial charge in [0.2, 0.25) is 0 Å². The molecule has 94 valence electrons. The molecule has 18 heavy (non-hydrogen) atoms. The summed E-state index contributed by atoms with van der Waals surface area (Å²) in [7, 11) is 0. The summed E-state index contributed by atoms with van der Waals surface area (Å²) in [6.07, 6.45) is 0.602. The number of rotatable bonds is 5. The van der Waals surface area contributed by atoms with Gasteiger partial charge in [-0.1, -0.05) is 30.3 Å². The van der Waals surface area contributed by atoms with Crippen molar-refractivity contribution in [3.8, 4) is 0 Å². The Morgan fingerprint density at radius 3 is 2.78 bits per heavy atom. The summed E-state index contributed by atoms with van der Waals surface area (Å²) in [4.78, 5) is 10.7. The van der Waals surface area contributed by atoms with Crippen molar-refractivity contribution in [3.05, 3.63) is 41.7 Å². The lowest BCUT2D eigenvalue weighted by molar-refractivity contribution is -0.137. The summed E-state index contributed by atoms with van der Waals surface area (Å²) in [6, 6.07) is 9.56. The molecule has 0 saturated heterocycles. The molecule has 1 atom stereocenters. The van der Waals surface area contributed by atoms with Gasteiger partial charge in [-0.15, -0.1) is 5.10 Å². The van der Waals surface area contributed by atoms with Crippen LogP contribution in [0.3, 0.4) is 0 Å². The number of carboxylic acids is 1. The van der Waals surface area contributed by atoms with Crippen molar-refractivity contribution in [2.75, 3.05) is 0 Å². The van der Waals surface area contributed by atoms with Gasteiger partial charge in [0.25, 0.3) is 0 Å². The second-order valence-corrected chi connectivity index (χ2v) is 4.15. The molecule has 0 aliphatic rings. The number of aromatic nitrogens is 4. The van der Waals surface area contributed by atoms with E-state index in [0.717, 1.165) is 5.56 Å². The van der Waals surface area contributed by atoms with Gasteiger partial charge in [0.1, 0.15) is 0 Å².